The predicted octanol–water partition coefficient (Wildman–Crippen LogP) is 4.26. The minimum atomic E-state index is 0.106. The molecule has 0 aliphatic heterocycles. The summed E-state index contributed by atoms with van der Waals surface area (Å²) in [5.41, 5.74) is 4.35. The van der Waals surface area contributed by atoms with Gasteiger partial charge < -0.3 is 15.6 Å². The summed E-state index contributed by atoms with van der Waals surface area (Å²) in [5, 5.41) is 14.1. The normalized spacial score (nSPS) is 14.9. The summed E-state index contributed by atoms with van der Waals surface area (Å²) in [6.45, 7) is 2.14. The van der Waals surface area contributed by atoms with E-state index in [1.54, 1.807) is 12.5 Å². The molecule has 3 aromatic heterocycles. The van der Waals surface area contributed by atoms with Crippen LogP contribution in [0.3, 0.4) is 0 Å². The Bertz CT molecular complexity index is 1090. The molecule has 0 radical (unpaired) electrons. The lowest BCUT2D eigenvalue weighted by Gasteiger charge is -2.17. The molecule has 4 N–H and O–H groups in total. The molecule has 8 nitrogen and oxygen atoms in total. The van der Waals surface area contributed by atoms with Crippen LogP contribution >= 0.6 is 0 Å². The number of hydrogen-bond donors (Lipinski definition) is 4. The molecule has 1 aromatic carbocycles. The molecule has 1 saturated carbocycles. The maximum Gasteiger partial charge on any atom is 0.225 e. The number of aromatic amines is 2. The van der Waals surface area contributed by atoms with Crippen molar-refractivity contribution >= 4 is 28.6 Å². The van der Waals surface area contributed by atoms with E-state index in [1.807, 2.05) is 12.1 Å². The lowest BCUT2D eigenvalue weighted by atomic mass is 10.0. The molecular formula is C20H22N8. The van der Waals surface area contributed by atoms with Crippen molar-refractivity contribution < 1.29 is 0 Å². The van der Waals surface area contributed by atoms with Crippen molar-refractivity contribution in [2.75, 3.05) is 10.6 Å². The van der Waals surface area contributed by atoms with Crippen LogP contribution in [0.4, 0.5) is 17.6 Å². The van der Waals surface area contributed by atoms with E-state index in [-0.39, 0.29) is 6.04 Å². The standard InChI is InChI=1S/C20H22N8/c1-2-14(13-5-6-15-17(9-13)23-11-22-15)24-20-21-8-7-18(26-20)25-19-10-16(27-28-19)12-3-4-12/h5-12,14H,2-4H2,1H3,(H,22,23)(H3,21,24,25,26,27,28). The van der Waals surface area contributed by atoms with Crippen molar-refractivity contribution in [3.05, 3.63) is 54.1 Å². The van der Waals surface area contributed by atoms with Crippen LogP contribution in [0, 0.1) is 0 Å². The molecule has 1 fully saturated rings. The van der Waals surface area contributed by atoms with Crippen LogP contribution in [0.1, 0.15) is 49.4 Å². The van der Waals surface area contributed by atoms with Gasteiger partial charge in [-0.1, -0.05) is 13.0 Å². The fourth-order valence-electron chi connectivity index (χ4n) is 3.38. The van der Waals surface area contributed by atoms with Gasteiger partial charge in [-0.05, 0) is 43.0 Å². The SMILES string of the molecule is CCC(Nc1nccc(Nc2cc(C3CC3)[nH]n2)n1)c1ccc2nc[nH]c2c1. The highest BCUT2D eigenvalue weighted by molar-refractivity contribution is 5.75. The van der Waals surface area contributed by atoms with Gasteiger partial charge in [-0.25, -0.2) is 9.97 Å². The van der Waals surface area contributed by atoms with Crippen LogP contribution in [0.2, 0.25) is 0 Å². The van der Waals surface area contributed by atoms with Crippen molar-refractivity contribution in [1.29, 1.82) is 0 Å². The van der Waals surface area contributed by atoms with Gasteiger partial charge in [0, 0.05) is 23.9 Å². The average Bonchev–Trinajstić information content (AvgIpc) is 3.28. The van der Waals surface area contributed by atoms with Crippen molar-refractivity contribution in [3.8, 4) is 0 Å². The summed E-state index contributed by atoms with van der Waals surface area (Å²) in [6.07, 6.45) is 6.85. The highest BCUT2D eigenvalue weighted by Gasteiger charge is 2.25. The predicted molar refractivity (Wildman–Crippen MR) is 109 cm³/mol. The molecule has 4 aromatic rings. The monoisotopic (exact) mass is 374 g/mol. The van der Waals surface area contributed by atoms with Gasteiger partial charge in [0.05, 0.1) is 23.4 Å². The second-order valence-corrected chi connectivity index (χ2v) is 7.16. The number of anilines is 3. The third kappa shape index (κ3) is 3.40. The molecule has 1 aliphatic carbocycles. The fourth-order valence-corrected chi connectivity index (χ4v) is 3.38. The zero-order chi connectivity index (χ0) is 18.9. The Balaban J connectivity index is 1.32. The fraction of sp³-hybridized carbons (Fsp3) is 0.300. The summed E-state index contributed by atoms with van der Waals surface area (Å²) in [6, 6.07) is 10.2. The number of H-pyrrole nitrogens is 2. The van der Waals surface area contributed by atoms with Crippen LogP contribution in [0.25, 0.3) is 11.0 Å². The first-order valence-corrected chi connectivity index (χ1v) is 9.63. The largest absolute Gasteiger partial charge is 0.347 e. The number of imidazole rings is 1. The zero-order valence-electron chi connectivity index (χ0n) is 15.6. The highest BCUT2D eigenvalue weighted by Crippen LogP contribution is 2.39. The Kier molecular flexibility index (Phi) is 4.16. The molecule has 0 spiro atoms. The lowest BCUT2D eigenvalue weighted by molar-refractivity contribution is 0.739. The van der Waals surface area contributed by atoms with Crippen molar-refractivity contribution in [2.45, 2.75) is 38.1 Å². The second-order valence-electron chi connectivity index (χ2n) is 7.16. The van der Waals surface area contributed by atoms with Gasteiger partial charge in [-0.3, -0.25) is 5.10 Å². The molecule has 1 unspecified atom stereocenters. The maximum absolute atomic E-state index is 4.60. The first-order valence-electron chi connectivity index (χ1n) is 9.63. The molecule has 0 bridgehead atoms. The average molecular weight is 374 g/mol. The number of fused-ring (bicyclic) bond motifs is 1. The van der Waals surface area contributed by atoms with Crippen LogP contribution in [0.5, 0.6) is 0 Å². The van der Waals surface area contributed by atoms with Gasteiger partial charge in [0.2, 0.25) is 5.95 Å². The highest BCUT2D eigenvalue weighted by atomic mass is 15.2. The van der Waals surface area contributed by atoms with Gasteiger partial charge in [0.15, 0.2) is 5.82 Å². The molecule has 1 atom stereocenters. The van der Waals surface area contributed by atoms with Gasteiger partial charge in [-0.15, -0.1) is 0 Å². The molecular weight excluding hydrogens is 352 g/mol. The lowest BCUT2D eigenvalue weighted by Crippen LogP contribution is -2.12. The molecule has 0 saturated heterocycles. The van der Waals surface area contributed by atoms with E-state index in [2.05, 4.69) is 65.9 Å². The summed E-state index contributed by atoms with van der Waals surface area (Å²) in [4.78, 5) is 16.4. The third-order valence-corrected chi connectivity index (χ3v) is 5.08. The summed E-state index contributed by atoms with van der Waals surface area (Å²) in [5.74, 6) is 2.72. The summed E-state index contributed by atoms with van der Waals surface area (Å²) in [7, 11) is 0. The van der Waals surface area contributed by atoms with Crippen LogP contribution < -0.4 is 10.6 Å². The van der Waals surface area contributed by atoms with Crippen molar-refractivity contribution in [3.63, 3.8) is 0 Å². The second kappa shape index (κ2) is 6.95. The Morgan fingerprint density at radius 2 is 2.07 bits per heavy atom. The minimum absolute atomic E-state index is 0.106. The van der Waals surface area contributed by atoms with Gasteiger partial charge >= 0.3 is 0 Å². The van der Waals surface area contributed by atoms with Crippen LogP contribution in [0.15, 0.2) is 42.9 Å². The van der Waals surface area contributed by atoms with Crippen molar-refractivity contribution in [2.24, 2.45) is 0 Å². The number of hydrogen-bond acceptors (Lipinski definition) is 6. The van der Waals surface area contributed by atoms with Crippen LogP contribution in [-0.2, 0) is 0 Å². The number of rotatable bonds is 7. The third-order valence-electron chi connectivity index (χ3n) is 5.08. The van der Waals surface area contributed by atoms with Crippen LogP contribution in [-0.4, -0.2) is 30.1 Å². The molecule has 1 aliphatic rings. The van der Waals surface area contributed by atoms with E-state index in [9.17, 15) is 0 Å². The van der Waals surface area contributed by atoms with E-state index in [0.29, 0.717) is 17.7 Å². The van der Waals surface area contributed by atoms with E-state index in [1.165, 1.54) is 24.1 Å². The quantitative estimate of drug-likeness (QED) is 0.385. The molecule has 3 heterocycles. The Morgan fingerprint density at radius 1 is 1.14 bits per heavy atom. The number of benzene rings is 1. The number of nitrogens with one attached hydrogen (secondary N) is 4. The first-order chi connectivity index (χ1) is 13.8. The summed E-state index contributed by atoms with van der Waals surface area (Å²) < 4.78 is 0. The first kappa shape index (κ1) is 16.7. The van der Waals surface area contributed by atoms with E-state index in [4.69, 9.17) is 0 Å². The van der Waals surface area contributed by atoms with Crippen molar-refractivity contribution in [1.82, 2.24) is 30.1 Å². The number of nitrogens with zero attached hydrogens (tertiary/aromatic N) is 4. The Morgan fingerprint density at radius 3 is 2.93 bits per heavy atom. The molecule has 142 valence electrons. The van der Waals surface area contributed by atoms with Gasteiger partial charge in [-0.2, -0.15) is 10.1 Å². The van der Waals surface area contributed by atoms with E-state index in [0.717, 1.165) is 23.3 Å². The molecule has 0 amide bonds. The zero-order valence-corrected chi connectivity index (χ0v) is 15.6. The van der Waals surface area contributed by atoms with Gasteiger partial charge in [0.25, 0.3) is 0 Å². The molecule has 8 heteroatoms. The Labute approximate surface area is 162 Å². The number of aromatic nitrogens is 6. The molecule has 5 rings (SSSR count). The smallest absolute Gasteiger partial charge is 0.225 e. The van der Waals surface area contributed by atoms with E-state index < -0.39 is 0 Å². The minimum Gasteiger partial charge on any atom is -0.347 e. The topological polar surface area (TPSA) is 107 Å². The van der Waals surface area contributed by atoms with Gasteiger partial charge in [0.1, 0.15) is 5.82 Å². The Hall–Kier alpha value is -3.42. The van der Waals surface area contributed by atoms with E-state index >= 15 is 0 Å². The maximum atomic E-state index is 4.60. The molecule has 28 heavy (non-hydrogen) atoms. The summed E-state index contributed by atoms with van der Waals surface area (Å²) >= 11 is 0.